The summed E-state index contributed by atoms with van der Waals surface area (Å²) in [7, 11) is 5.69. The second-order valence-electron chi connectivity index (χ2n) is 15.0. The van der Waals surface area contributed by atoms with Gasteiger partial charge in [0, 0.05) is 93.5 Å². The number of nitrogens with zero attached hydrogens (tertiary/aromatic N) is 7. The van der Waals surface area contributed by atoms with Crippen LogP contribution in [0.5, 0.6) is 0 Å². The van der Waals surface area contributed by atoms with Crippen molar-refractivity contribution >= 4 is 40.9 Å². The molecule has 2 fully saturated rings. The molecule has 0 aliphatic carbocycles. The molecule has 13 nitrogen and oxygen atoms in total. The van der Waals surface area contributed by atoms with Crippen LogP contribution < -0.4 is 11.1 Å². The zero-order valence-electron chi connectivity index (χ0n) is 31.5. The van der Waals surface area contributed by atoms with Gasteiger partial charge in [0.2, 0.25) is 11.8 Å². The lowest BCUT2D eigenvalue weighted by atomic mass is 9.94. The molecule has 2 aromatic heterocycles. The van der Waals surface area contributed by atoms with E-state index in [1.807, 2.05) is 4.90 Å². The summed E-state index contributed by atoms with van der Waals surface area (Å²) < 4.78 is 75.7. The quantitative estimate of drug-likeness (QED) is 0.166. The molecule has 2 saturated heterocycles. The van der Waals surface area contributed by atoms with Gasteiger partial charge in [0.25, 0.3) is 11.8 Å². The van der Waals surface area contributed by atoms with Crippen LogP contribution in [0, 0.1) is 17.6 Å². The third-order valence-electron chi connectivity index (χ3n) is 10.5. The molecule has 3 N–H and O–H groups in total. The topological polar surface area (TPSA) is 148 Å². The van der Waals surface area contributed by atoms with E-state index in [4.69, 9.17) is 17.3 Å². The van der Waals surface area contributed by atoms with Crippen molar-refractivity contribution in [2.24, 2.45) is 18.7 Å². The summed E-state index contributed by atoms with van der Waals surface area (Å²) in [5, 5.41) is 6.18. The number of alkyl halides is 3. The van der Waals surface area contributed by atoms with Crippen LogP contribution in [-0.2, 0) is 29.4 Å². The summed E-state index contributed by atoms with van der Waals surface area (Å²) >= 11 is 6.50. The molecule has 19 heteroatoms. The molecule has 0 radical (unpaired) electrons. The van der Waals surface area contributed by atoms with E-state index in [0.717, 1.165) is 59.6 Å². The number of anilines is 1. The number of aromatic nitrogens is 4. The van der Waals surface area contributed by atoms with Gasteiger partial charge in [0.1, 0.15) is 0 Å². The van der Waals surface area contributed by atoms with Gasteiger partial charge in [0.15, 0.2) is 23.2 Å². The molecule has 304 valence electrons. The van der Waals surface area contributed by atoms with E-state index in [-0.39, 0.29) is 70.5 Å². The van der Waals surface area contributed by atoms with Gasteiger partial charge in [-0.3, -0.25) is 23.9 Å². The van der Waals surface area contributed by atoms with Gasteiger partial charge in [-0.05, 0) is 30.7 Å². The Hall–Kier alpha value is -5.36. The largest absolute Gasteiger partial charge is 0.435 e. The molecular formula is C38H42ClF5N9O4+. The third kappa shape index (κ3) is 8.96. The number of likely N-dealkylation sites (tertiary alicyclic amines) is 1. The van der Waals surface area contributed by atoms with Gasteiger partial charge in [-0.2, -0.15) is 18.3 Å². The first-order valence-electron chi connectivity index (χ1n) is 18.3. The maximum Gasteiger partial charge on any atom is 0.435 e. The molecule has 2 aliphatic heterocycles. The average molecular weight is 819 g/mol. The zero-order chi connectivity index (χ0) is 41.4. The number of quaternary nitrogens is 1. The molecule has 4 amide bonds. The van der Waals surface area contributed by atoms with Crippen molar-refractivity contribution in [2.75, 3.05) is 58.7 Å². The lowest BCUT2D eigenvalue weighted by Gasteiger charge is -2.40. The maximum absolute atomic E-state index is 15.6. The zero-order valence-corrected chi connectivity index (χ0v) is 32.3. The molecule has 0 spiro atoms. The monoisotopic (exact) mass is 818 g/mol. The highest BCUT2D eigenvalue weighted by atomic mass is 35.5. The van der Waals surface area contributed by atoms with Gasteiger partial charge in [-0.15, -0.1) is 0 Å². The fourth-order valence-electron chi connectivity index (χ4n) is 7.21. The number of halogens is 6. The number of imidazole rings is 1. The smallest absolute Gasteiger partial charge is 0.370 e. The van der Waals surface area contributed by atoms with Crippen LogP contribution >= 0.6 is 11.6 Å². The number of carbonyl (C=O) groups excluding carboxylic acids is 4. The number of carbonyl (C=O) groups is 4. The van der Waals surface area contributed by atoms with Crippen molar-refractivity contribution in [3.05, 3.63) is 76.5 Å². The van der Waals surface area contributed by atoms with Crippen LogP contribution in [0.2, 0.25) is 5.02 Å². The Morgan fingerprint density at radius 3 is 2.21 bits per heavy atom. The second kappa shape index (κ2) is 16.2. The summed E-state index contributed by atoms with van der Waals surface area (Å²) in [5.41, 5.74) is 2.26. The number of primary amides is 1. The molecule has 57 heavy (non-hydrogen) atoms. The van der Waals surface area contributed by atoms with E-state index in [0.29, 0.717) is 26.2 Å². The first kappa shape index (κ1) is 41.3. The van der Waals surface area contributed by atoms with E-state index in [2.05, 4.69) is 29.5 Å². The minimum Gasteiger partial charge on any atom is -0.370 e. The Bertz CT molecular complexity index is 2200. The highest BCUT2D eigenvalue weighted by Gasteiger charge is 2.39. The highest BCUT2D eigenvalue weighted by molar-refractivity contribution is 6.34. The molecule has 0 unspecified atom stereocenters. The normalized spacial score (nSPS) is 16.2. The van der Waals surface area contributed by atoms with Crippen molar-refractivity contribution in [1.29, 1.82) is 0 Å². The first-order valence-corrected chi connectivity index (χ1v) is 18.7. The van der Waals surface area contributed by atoms with Crippen LogP contribution in [0.4, 0.5) is 27.6 Å². The van der Waals surface area contributed by atoms with Gasteiger partial charge >= 0.3 is 6.18 Å². The van der Waals surface area contributed by atoms with Crippen molar-refractivity contribution in [3.8, 4) is 22.4 Å². The van der Waals surface area contributed by atoms with Crippen LogP contribution in [0.15, 0.2) is 42.7 Å². The van der Waals surface area contributed by atoms with Crippen LogP contribution in [0.25, 0.3) is 22.4 Å². The summed E-state index contributed by atoms with van der Waals surface area (Å²) in [6, 6.07) is 6.39. The predicted octanol–water partition coefficient (Wildman–Crippen LogP) is 5.19. The number of rotatable bonds is 10. The molecule has 6 rings (SSSR count). The van der Waals surface area contributed by atoms with E-state index < -0.39 is 46.4 Å². The maximum atomic E-state index is 15.6. The van der Waals surface area contributed by atoms with E-state index in [1.165, 1.54) is 29.8 Å². The van der Waals surface area contributed by atoms with Crippen LogP contribution in [-0.4, -0.2) is 111 Å². The number of piperidine rings is 1. The molecule has 0 atom stereocenters. The van der Waals surface area contributed by atoms with E-state index in [9.17, 15) is 32.3 Å². The number of benzene rings is 2. The number of aryl methyl sites for hydroxylation is 1. The van der Waals surface area contributed by atoms with Crippen molar-refractivity contribution in [1.82, 2.24) is 29.1 Å². The number of nitrogens with two attached hydrogens (primary N) is 1. The van der Waals surface area contributed by atoms with E-state index in [1.54, 1.807) is 4.90 Å². The summed E-state index contributed by atoms with van der Waals surface area (Å²) in [6.45, 7) is 3.31. The Morgan fingerprint density at radius 2 is 1.58 bits per heavy atom. The van der Waals surface area contributed by atoms with Gasteiger partial charge in [-0.1, -0.05) is 17.7 Å². The number of piperazine rings is 1. The first-order chi connectivity index (χ1) is 26.8. The van der Waals surface area contributed by atoms with Crippen molar-refractivity contribution < 1.29 is 45.6 Å². The fourth-order valence-corrected chi connectivity index (χ4v) is 7.47. The van der Waals surface area contributed by atoms with E-state index >= 15 is 8.78 Å². The van der Waals surface area contributed by atoms with Gasteiger partial charge < -0.3 is 29.9 Å². The molecule has 2 aromatic carbocycles. The molecule has 4 heterocycles. The van der Waals surface area contributed by atoms with Crippen molar-refractivity contribution in [2.45, 2.75) is 38.4 Å². The number of nitrogens with one attached hydrogen (secondary N) is 1. The lowest BCUT2D eigenvalue weighted by Crippen LogP contribution is -2.54. The van der Waals surface area contributed by atoms with Gasteiger partial charge in [-0.25, -0.2) is 13.8 Å². The molecule has 0 saturated carbocycles. The fraction of sp³-hybridized carbons (Fsp3) is 0.421. The number of hydrogen-bond donors (Lipinski definition) is 2. The Kier molecular flexibility index (Phi) is 11.8. The predicted molar refractivity (Wildman–Crippen MR) is 200 cm³/mol. The number of amides is 4. The summed E-state index contributed by atoms with van der Waals surface area (Å²) in [4.78, 5) is 58.3. The lowest BCUT2D eigenvalue weighted by molar-refractivity contribution is -0.895. The van der Waals surface area contributed by atoms with Crippen LogP contribution in [0.3, 0.4) is 0 Å². The van der Waals surface area contributed by atoms with Gasteiger partial charge in [0.05, 0.1) is 49.7 Å². The number of hydrogen-bond acceptors (Lipinski definition) is 6. The average Bonchev–Trinajstić information content (AvgIpc) is 3.76. The Morgan fingerprint density at radius 1 is 0.947 bits per heavy atom. The Labute approximate surface area is 329 Å². The SMILES string of the molecule is Cn1c(-c2ccc(-c3cn(CCCC(N)=O)nc3C(F)(F)F)c(F)c2F)cnc1C(=O)Nc1ccc(C(=O)N2CCN(C(=O)C3CC[N+](C)(C)CC3)CC2)c(Cl)c1. The third-order valence-corrected chi connectivity index (χ3v) is 10.8. The Balaban J connectivity index is 1.11. The summed E-state index contributed by atoms with van der Waals surface area (Å²) in [5.74, 6) is -4.87. The molecule has 0 bridgehead atoms. The standard InChI is InChI=1S/C38H41ClF5N9O4/c1-49-29(26-9-8-24(31(40)32(26)41)27-21-52(12-4-5-30(45)54)48-33(27)38(42,43)44)20-46-34(49)35(55)47-23-6-7-25(28(39)19-23)37(57)51-15-13-50(14-16-51)36(56)22-10-17-53(2,3)18-11-22/h6-9,19-22H,4-5,10-18H2,1-3H3,(H2-,45,47,54,55,57)/p+1. The minimum atomic E-state index is -5.00. The molecule has 2 aliphatic rings. The van der Waals surface area contributed by atoms with Crippen LogP contribution in [0.1, 0.15) is 52.4 Å². The summed E-state index contributed by atoms with van der Waals surface area (Å²) in [6.07, 6.45) is -1.31. The molecular weight excluding hydrogens is 777 g/mol. The molecule has 4 aromatic rings. The minimum absolute atomic E-state index is 0.00150. The second-order valence-corrected chi connectivity index (χ2v) is 15.4. The van der Waals surface area contributed by atoms with Crippen molar-refractivity contribution in [3.63, 3.8) is 0 Å². The highest BCUT2D eigenvalue weighted by Crippen LogP contribution is 2.39.